The van der Waals surface area contributed by atoms with Gasteiger partial charge in [0, 0.05) is 6.20 Å². The second kappa shape index (κ2) is 4.80. The maximum absolute atomic E-state index is 10.7. The number of hydrogen-bond donors (Lipinski definition) is 2. The summed E-state index contributed by atoms with van der Waals surface area (Å²) in [4.78, 5) is 10.7. The Bertz CT molecular complexity index is 507. The molecule has 0 radical (unpaired) electrons. The molecule has 0 fully saturated rings. The summed E-state index contributed by atoms with van der Waals surface area (Å²) in [6, 6.07) is 9.17. The molecule has 1 aromatic carbocycles. The number of nitrogens with zero attached hydrogens (tertiary/aromatic N) is 2. The highest BCUT2D eigenvalue weighted by atomic mass is 16.4. The molecule has 2 N–H and O–H groups in total. The molecule has 0 spiro atoms. The van der Waals surface area contributed by atoms with Crippen LogP contribution in [0.4, 0.5) is 0 Å². The predicted octanol–water partition coefficient (Wildman–Crippen LogP) is 1.31. The Balaban J connectivity index is 2.08. The molecule has 1 heterocycles. The summed E-state index contributed by atoms with van der Waals surface area (Å²) in [7, 11) is 0. The van der Waals surface area contributed by atoms with Crippen LogP contribution in [0.15, 0.2) is 42.7 Å². The molecule has 1 aromatic heterocycles. The van der Waals surface area contributed by atoms with Crippen molar-refractivity contribution in [2.75, 3.05) is 0 Å². The summed E-state index contributed by atoms with van der Waals surface area (Å²) >= 11 is 0. The van der Waals surface area contributed by atoms with Crippen LogP contribution in [0.2, 0.25) is 0 Å². The lowest BCUT2D eigenvalue weighted by molar-refractivity contribution is 0.0696. The molecule has 0 bridgehead atoms. The fourth-order valence-electron chi connectivity index (χ4n) is 1.53. The lowest BCUT2D eigenvalue weighted by Gasteiger charge is -2.10. The smallest absolute Gasteiger partial charge is 0.338 e. The number of aliphatic hydroxyl groups excluding tert-OH is 1. The Labute approximate surface area is 97.9 Å². The molecule has 88 valence electrons. The summed E-state index contributed by atoms with van der Waals surface area (Å²) < 4.78 is 1.42. The van der Waals surface area contributed by atoms with E-state index in [1.165, 1.54) is 17.1 Å². The standard InChI is InChI=1S/C12H12N2O3/c15-11(9-4-2-1-3-5-9)8-14-7-10(6-13-14)12(16)17/h1-7,11,15H,8H2,(H,16,17). The van der Waals surface area contributed by atoms with Gasteiger partial charge in [-0.2, -0.15) is 5.10 Å². The van der Waals surface area contributed by atoms with E-state index in [-0.39, 0.29) is 12.1 Å². The fraction of sp³-hybridized carbons (Fsp3) is 0.167. The van der Waals surface area contributed by atoms with E-state index in [0.717, 1.165) is 5.56 Å². The van der Waals surface area contributed by atoms with Gasteiger partial charge in [0.15, 0.2) is 0 Å². The van der Waals surface area contributed by atoms with Crippen LogP contribution >= 0.6 is 0 Å². The SMILES string of the molecule is O=C(O)c1cnn(CC(O)c2ccccc2)c1. The second-order valence-corrected chi connectivity index (χ2v) is 3.68. The largest absolute Gasteiger partial charge is 0.478 e. The number of aliphatic hydroxyl groups is 1. The van der Waals surface area contributed by atoms with E-state index >= 15 is 0 Å². The summed E-state index contributed by atoms with van der Waals surface area (Å²) in [5.41, 5.74) is 0.894. The van der Waals surface area contributed by atoms with Crippen molar-refractivity contribution in [1.29, 1.82) is 0 Å². The van der Waals surface area contributed by atoms with Crippen molar-refractivity contribution < 1.29 is 15.0 Å². The number of carboxylic acid groups (broad SMARTS) is 1. The first-order chi connectivity index (χ1) is 8.16. The van der Waals surface area contributed by atoms with Crippen molar-refractivity contribution in [3.05, 3.63) is 53.9 Å². The second-order valence-electron chi connectivity index (χ2n) is 3.68. The molecule has 5 nitrogen and oxygen atoms in total. The van der Waals surface area contributed by atoms with Crippen LogP contribution in [0, 0.1) is 0 Å². The van der Waals surface area contributed by atoms with Gasteiger partial charge in [-0.25, -0.2) is 4.79 Å². The third-order valence-corrected chi connectivity index (χ3v) is 2.42. The number of hydrogen-bond acceptors (Lipinski definition) is 3. The monoisotopic (exact) mass is 232 g/mol. The molecule has 1 unspecified atom stereocenters. The van der Waals surface area contributed by atoms with Gasteiger partial charge in [-0.1, -0.05) is 30.3 Å². The van der Waals surface area contributed by atoms with Gasteiger partial charge in [-0.3, -0.25) is 4.68 Å². The molecule has 0 aliphatic rings. The first kappa shape index (κ1) is 11.3. The van der Waals surface area contributed by atoms with E-state index in [1.807, 2.05) is 30.3 Å². The molecule has 1 atom stereocenters. The minimum absolute atomic E-state index is 0.116. The maximum Gasteiger partial charge on any atom is 0.338 e. The van der Waals surface area contributed by atoms with E-state index in [1.54, 1.807) is 0 Å². The van der Waals surface area contributed by atoms with Crippen molar-refractivity contribution in [3.63, 3.8) is 0 Å². The lowest BCUT2D eigenvalue weighted by atomic mass is 10.1. The highest BCUT2D eigenvalue weighted by Crippen LogP contribution is 2.14. The minimum atomic E-state index is -1.02. The Morgan fingerprint density at radius 3 is 2.65 bits per heavy atom. The zero-order valence-corrected chi connectivity index (χ0v) is 9.02. The molecule has 0 saturated carbocycles. The predicted molar refractivity (Wildman–Crippen MR) is 60.6 cm³/mol. The number of benzene rings is 1. The van der Waals surface area contributed by atoms with E-state index in [2.05, 4.69) is 5.10 Å². The molecule has 0 amide bonds. The average molecular weight is 232 g/mol. The summed E-state index contributed by atoms with van der Waals surface area (Å²) in [6.07, 6.45) is 1.96. The normalized spacial score (nSPS) is 12.3. The van der Waals surface area contributed by atoms with E-state index < -0.39 is 12.1 Å². The van der Waals surface area contributed by atoms with Gasteiger partial charge in [0.05, 0.1) is 24.4 Å². The summed E-state index contributed by atoms with van der Waals surface area (Å²) in [6.45, 7) is 0.233. The molecule has 0 aliphatic carbocycles. The van der Waals surface area contributed by atoms with Gasteiger partial charge < -0.3 is 10.2 Å². The molecule has 17 heavy (non-hydrogen) atoms. The molecule has 2 aromatic rings. The quantitative estimate of drug-likeness (QED) is 0.833. The highest BCUT2D eigenvalue weighted by molar-refractivity contribution is 5.86. The van der Waals surface area contributed by atoms with E-state index in [4.69, 9.17) is 5.11 Å². The van der Waals surface area contributed by atoms with Crippen molar-refractivity contribution in [2.45, 2.75) is 12.6 Å². The summed E-state index contributed by atoms with van der Waals surface area (Å²) in [5, 5.41) is 22.5. The maximum atomic E-state index is 10.7. The van der Waals surface area contributed by atoms with Gasteiger partial charge >= 0.3 is 5.97 Å². The number of aromatic carboxylic acids is 1. The van der Waals surface area contributed by atoms with Crippen molar-refractivity contribution in [3.8, 4) is 0 Å². The number of rotatable bonds is 4. The zero-order valence-electron chi connectivity index (χ0n) is 9.02. The van der Waals surface area contributed by atoms with Crippen molar-refractivity contribution >= 4 is 5.97 Å². The van der Waals surface area contributed by atoms with Gasteiger partial charge in [-0.05, 0) is 5.56 Å². The van der Waals surface area contributed by atoms with Crippen LogP contribution in [0.3, 0.4) is 0 Å². The molecular formula is C12H12N2O3. The van der Waals surface area contributed by atoms with Crippen LogP contribution in [0.25, 0.3) is 0 Å². The van der Waals surface area contributed by atoms with Crippen molar-refractivity contribution in [2.24, 2.45) is 0 Å². The van der Waals surface area contributed by atoms with E-state index in [0.29, 0.717) is 0 Å². The van der Waals surface area contributed by atoms with Gasteiger partial charge in [0.1, 0.15) is 0 Å². The Morgan fingerprint density at radius 1 is 1.35 bits per heavy atom. The van der Waals surface area contributed by atoms with Crippen LogP contribution < -0.4 is 0 Å². The number of aromatic nitrogens is 2. The first-order valence-electron chi connectivity index (χ1n) is 5.15. The highest BCUT2D eigenvalue weighted by Gasteiger charge is 2.10. The minimum Gasteiger partial charge on any atom is -0.478 e. The third-order valence-electron chi connectivity index (χ3n) is 2.42. The molecule has 5 heteroatoms. The zero-order chi connectivity index (χ0) is 12.3. The van der Waals surface area contributed by atoms with Crippen LogP contribution in [0.1, 0.15) is 22.0 Å². The van der Waals surface area contributed by atoms with Gasteiger partial charge in [0.25, 0.3) is 0 Å². The first-order valence-corrected chi connectivity index (χ1v) is 5.15. The fourth-order valence-corrected chi connectivity index (χ4v) is 1.53. The Kier molecular flexibility index (Phi) is 3.20. The van der Waals surface area contributed by atoms with Gasteiger partial charge in [0.2, 0.25) is 0 Å². The molecule has 0 aliphatic heterocycles. The molecule has 0 saturated heterocycles. The molecule has 2 rings (SSSR count). The van der Waals surface area contributed by atoms with Crippen LogP contribution in [-0.4, -0.2) is 26.0 Å². The van der Waals surface area contributed by atoms with Crippen LogP contribution in [-0.2, 0) is 6.54 Å². The number of carboxylic acids is 1. The van der Waals surface area contributed by atoms with E-state index in [9.17, 15) is 9.90 Å². The summed E-state index contributed by atoms with van der Waals surface area (Å²) in [5.74, 6) is -1.02. The van der Waals surface area contributed by atoms with Gasteiger partial charge in [-0.15, -0.1) is 0 Å². The number of carbonyl (C=O) groups is 1. The lowest BCUT2D eigenvalue weighted by Crippen LogP contribution is -2.09. The molecular weight excluding hydrogens is 220 g/mol. The Hall–Kier alpha value is -2.14. The average Bonchev–Trinajstić information content (AvgIpc) is 2.79. The Morgan fingerprint density at radius 2 is 2.06 bits per heavy atom. The van der Waals surface area contributed by atoms with Crippen molar-refractivity contribution in [1.82, 2.24) is 9.78 Å². The topological polar surface area (TPSA) is 75.3 Å². The van der Waals surface area contributed by atoms with Crippen LogP contribution in [0.5, 0.6) is 0 Å². The third kappa shape index (κ3) is 2.70.